The molecule has 2 aliphatic carbocycles. The molecule has 1 heterocycles. The van der Waals surface area contributed by atoms with E-state index in [2.05, 4.69) is 20.4 Å². The van der Waals surface area contributed by atoms with E-state index in [1.165, 1.54) is 23.3 Å². The number of allylic oxidation sites excluding steroid dienone is 1. The molecule has 0 bridgehead atoms. The Morgan fingerprint density at radius 2 is 2.07 bits per heavy atom. The van der Waals surface area contributed by atoms with Crippen molar-refractivity contribution in [3.05, 3.63) is 48.0 Å². The average molecular weight is 413 g/mol. The molecule has 4 nitrogen and oxygen atoms in total. The predicted molar refractivity (Wildman–Crippen MR) is 118 cm³/mol. The first-order chi connectivity index (χ1) is 14.2. The van der Waals surface area contributed by atoms with Crippen LogP contribution in [-0.2, 0) is 15.1 Å². The number of aliphatic hydroxyl groups is 1. The normalized spacial score (nSPS) is 36.4. The first-order valence-corrected chi connectivity index (χ1v) is 11.7. The van der Waals surface area contributed by atoms with Crippen LogP contribution in [-0.4, -0.2) is 36.8 Å². The van der Waals surface area contributed by atoms with Crippen LogP contribution in [0.3, 0.4) is 0 Å². The largest absolute Gasteiger partial charge is 0.462 e. The van der Waals surface area contributed by atoms with Crippen molar-refractivity contribution in [2.45, 2.75) is 64.6 Å². The molecule has 3 fully saturated rings. The average Bonchev–Trinajstić information content (AvgIpc) is 3.00. The van der Waals surface area contributed by atoms with Crippen molar-refractivity contribution in [2.75, 3.05) is 19.6 Å². The summed E-state index contributed by atoms with van der Waals surface area (Å²) in [6.45, 7) is 13.0. The van der Waals surface area contributed by atoms with Crippen LogP contribution >= 0.6 is 0 Å². The second-order valence-electron chi connectivity index (χ2n) is 10.5. The Morgan fingerprint density at radius 3 is 2.77 bits per heavy atom. The molecule has 164 valence electrons. The summed E-state index contributed by atoms with van der Waals surface area (Å²) in [4.78, 5) is 14.2. The maximum Gasteiger partial charge on any atom is 0.315 e. The lowest BCUT2D eigenvalue weighted by atomic mass is 9.55. The molecule has 1 saturated heterocycles. The van der Waals surface area contributed by atoms with E-state index in [1.54, 1.807) is 0 Å². The van der Waals surface area contributed by atoms with Gasteiger partial charge in [0, 0.05) is 5.92 Å². The molecule has 1 aromatic rings. The van der Waals surface area contributed by atoms with Crippen LogP contribution in [0.25, 0.3) is 0 Å². The van der Waals surface area contributed by atoms with Gasteiger partial charge < -0.3 is 14.7 Å². The molecule has 1 aliphatic heterocycles. The van der Waals surface area contributed by atoms with Gasteiger partial charge in [0.05, 0.1) is 13.1 Å². The zero-order valence-corrected chi connectivity index (χ0v) is 18.8. The smallest absolute Gasteiger partial charge is 0.315 e. The highest BCUT2D eigenvalue weighted by Crippen LogP contribution is 2.56. The van der Waals surface area contributed by atoms with Gasteiger partial charge >= 0.3 is 5.97 Å². The number of esters is 1. The first kappa shape index (κ1) is 21.6. The van der Waals surface area contributed by atoms with Gasteiger partial charge in [-0.05, 0) is 62.8 Å². The van der Waals surface area contributed by atoms with Gasteiger partial charge in [0.15, 0.2) is 0 Å². The zero-order chi connectivity index (χ0) is 21.5. The van der Waals surface area contributed by atoms with Crippen LogP contribution in [0, 0.1) is 23.2 Å². The van der Waals surface area contributed by atoms with Crippen molar-refractivity contribution in [1.82, 2.24) is 0 Å². The maximum atomic E-state index is 12.9. The Balaban J connectivity index is 1.48. The number of hydrogen-bond donors (Lipinski definition) is 2. The van der Waals surface area contributed by atoms with Gasteiger partial charge in [0.1, 0.15) is 24.2 Å². The molecule has 4 heteroatoms. The third kappa shape index (κ3) is 3.97. The fourth-order valence-electron chi connectivity index (χ4n) is 6.53. The topological polar surface area (TPSA) is 51.0 Å². The monoisotopic (exact) mass is 412 g/mol. The number of likely N-dealkylation sites (N-methyl/N-ethyl adjacent to an activating group) is 1. The molecule has 1 unspecified atom stereocenters. The van der Waals surface area contributed by atoms with Gasteiger partial charge in [-0.15, -0.1) is 0 Å². The van der Waals surface area contributed by atoms with Gasteiger partial charge in [-0.3, -0.25) is 4.79 Å². The summed E-state index contributed by atoms with van der Waals surface area (Å²) in [6, 6.07) is 9.84. The summed E-state index contributed by atoms with van der Waals surface area (Å²) >= 11 is 0. The van der Waals surface area contributed by atoms with Crippen LogP contribution in [0.4, 0.5) is 0 Å². The summed E-state index contributed by atoms with van der Waals surface area (Å²) in [5.41, 5.74) is 1.62. The third-order valence-corrected chi connectivity index (χ3v) is 8.32. The lowest BCUT2D eigenvalue weighted by Crippen LogP contribution is -3.14. The van der Waals surface area contributed by atoms with Crippen molar-refractivity contribution in [3.8, 4) is 0 Å². The number of benzene rings is 1. The Morgan fingerprint density at radius 1 is 1.33 bits per heavy atom. The third-order valence-electron chi connectivity index (χ3n) is 8.32. The number of nitrogens with one attached hydrogen (secondary N) is 1. The zero-order valence-electron chi connectivity index (χ0n) is 18.8. The molecule has 0 aromatic heterocycles. The lowest BCUT2D eigenvalue weighted by Gasteiger charge is -2.50. The fraction of sp³-hybridized carbons (Fsp3) is 0.654. The number of quaternary nitrogens is 1. The van der Waals surface area contributed by atoms with Crippen molar-refractivity contribution in [2.24, 2.45) is 23.2 Å². The van der Waals surface area contributed by atoms with Crippen LogP contribution in [0.1, 0.15) is 58.4 Å². The lowest BCUT2D eigenvalue weighted by molar-refractivity contribution is -0.908. The van der Waals surface area contributed by atoms with Gasteiger partial charge in [-0.25, -0.2) is 0 Å². The number of carbonyl (C=O) groups excluding carboxylic acids is 1. The summed E-state index contributed by atoms with van der Waals surface area (Å²) in [7, 11) is 0. The van der Waals surface area contributed by atoms with Crippen LogP contribution in [0.15, 0.2) is 42.5 Å². The van der Waals surface area contributed by atoms with Gasteiger partial charge in [-0.1, -0.05) is 49.4 Å². The first-order valence-electron chi connectivity index (χ1n) is 11.7. The number of carbonyl (C=O) groups is 1. The second-order valence-corrected chi connectivity index (χ2v) is 10.5. The minimum Gasteiger partial charge on any atom is -0.462 e. The molecule has 2 N–H and O–H groups in total. The molecule has 3 aliphatic rings. The molecule has 7 atom stereocenters. The molecule has 0 spiro atoms. The van der Waals surface area contributed by atoms with Crippen LogP contribution in [0.5, 0.6) is 0 Å². The van der Waals surface area contributed by atoms with Crippen molar-refractivity contribution < 1.29 is 19.5 Å². The van der Waals surface area contributed by atoms with E-state index in [0.717, 1.165) is 37.9 Å². The van der Waals surface area contributed by atoms with Crippen molar-refractivity contribution in [1.29, 1.82) is 0 Å². The highest BCUT2D eigenvalue weighted by atomic mass is 16.6. The summed E-state index contributed by atoms with van der Waals surface area (Å²) in [5, 5.41) is 11.1. The molecular formula is C26H38NO3+. The molecule has 0 amide bonds. The van der Waals surface area contributed by atoms with Crippen molar-refractivity contribution >= 4 is 5.97 Å². The molecule has 30 heavy (non-hydrogen) atoms. The Labute approximate surface area is 181 Å². The molecule has 1 aromatic carbocycles. The number of ether oxygens (including phenoxy) is 1. The molecule has 0 radical (unpaired) electrons. The van der Waals surface area contributed by atoms with Crippen molar-refractivity contribution in [3.63, 3.8) is 0 Å². The van der Waals surface area contributed by atoms with E-state index < -0.39 is 5.60 Å². The minimum absolute atomic E-state index is 0.0248. The number of fused-ring (bicyclic) bond motifs is 2. The fourth-order valence-corrected chi connectivity index (χ4v) is 6.53. The molecular weight excluding hydrogens is 374 g/mol. The summed E-state index contributed by atoms with van der Waals surface area (Å²) in [6.07, 6.45) is 5.62. The van der Waals surface area contributed by atoms with Gasteiger partial charge in [0.25, 0.3) is 0 Å². The highest BCUT2D eigenvalue weighted by molar-refractivity contribution is 5.75. The summed E-state index contributed by atoms with van der Waals surface area (Å²) in [5.74, 6) is 0.703. The minimum atomic E-state index is -0.919. The Bertz CT molecular complexity index is 789. The highest BCUT2D eigenvalue weighted by Gasteiger charge is 2.56. The quantitative estimate of drug-likeness (QED) is 0.558. The van der Waals surface area contributed by atoms with E-state index in [-0.39, 0.29) is 29.3 Å². The van der Waals surface area contributed by atoms with E-state index in [0.29, 0.717) is 12.5 Å². The van der Waals surface area contributed by atoms with Crippen LogP contribution in [0.2, 0.25) is 0 Å². The molecule has 2 saturated carbocycles. The molecule has 4 rings (SSSR count). The predicted octanol–water partition coefficient (Wildman–Crippen LogP) is 3.11. The van der Waals surface area contributed by atoms with E-state index in [1.807, 2.05) is 37.3 Å². The summed E-state index contributed by atoms with van der Waals surface area (Å²) < 4.78 is 5.94. The van der Waals surface area contributed by atoms with Gasteiger partial charge in [0.2, 0.25) is 0 Å². The standard InChI is InChI=1S/C26H37NO3/c1-5-27(17-26(4,29)19-11-7-6-8-12-19)16-21-20-14-22-18(2)10-9-13-25(22,3)15-23(20)30-24(21)28/h6-8,11-12,20-23,29H,2,5,9-10,13-17H2,1,3-4H3/p+1/t20-,21-,22-,23-,25-,26+/m1/s1. The maximum absolute atomic E-state index is 12.9. The van der Waals surface area contributed by atoms with Gasteiger partial charge in [-0.2, -0.15) is 0 Å². The SMILES string of the molecule is C=C1CCC[C@]2(C)C[C@H]3OC(=O)[C@H](C[NH+](CC)C[C@](C)(O)c4ccccc4)[C@H]3C[C@H]12. The van der Waals surface area contributed by atoms with E-state index in [9.17, 15) is 9.90 Å². The Hall–Kier alpha value is -1.65. The Kier molecular flexibility index (Phi) is 5.84. The van der Waals surface area contributed by atoms with E-state index in [4.69, 9.17) is 4.74 Å². The number of hydrogen-bond acceptors (Lipinski definition) is 3. The number of rotatable bonds is 6. The van der Waals surface area contributed by atoms with E-state index >= 15 is 0 Å². The van der Waals surface area contributed by atoms with Crippen LogP contribution < -0.4 is 4.90 Å². The second kappa shape index (κ2) is 8.12.